The van der Waals surface area contributed by atoms with E-state index in [-0.39, 0.29) is 11.7 Å². The Balaban J connectivity index is 1.36. The lowest BCUT2D eigenvalue weighted by atomic mass is 9.96. The second-order valence-electron chi connectivity index (χ2n) is 6.73. The maximum Gasteiger partial charge on any atom is 0.387 e. The molecule has 3 heterocycles. The van der Waals surface area contributed by atoms with Gasteiger partial charge in [-0.05, 0) is 44.1 Å². The number of halogens is 2. The van der Waals surface area contributed by atoms with Crippen LogP contribution in [0.1, 0.15) is 30.2 Å². The first-order valence-corrected chi connectivity index (χ1v) is 9.18. The van der Waals surface area contributed by atoms with E-state index in [2.05, 4.69) is 24.8 Å². The zero-order valence-electron chi connectivity index (χ0n) is 15.2. The van der Waals surface area contributed by atoms with Gasteiger partial charge in [0.05, 0.1) is 0 Å². The minimum atomic E-state index is -2.82. The van der Waals surface area contributed by atoms with E-state index in [0.29, 0.717) is 18.3 Å². The molecular formula is C20H20F2N4O2. The quantitative estimate of drug-likeness (QED) is 0.635. The summed E-state index contributed by atoms with van der Waals surface area (Å²) in [7, 11) is 0. The Labute approximate surface area is 161 Å². The number of nitrogens with zero attached hydrogens (tertiary/aromatic N) is 4. The summed E-state index contributed by atoms with van der Waals surface area (Å²) in [6, 6.07) is 10.7. The average molecular weight is 386 g/mol. The van der Waals surface area contributed by atoms with E-state index >= 15 is 0 Å². The Hall–Kier alpha value is -2.87. The molecule has 1 aliphatic heterocycles. The highest BCUT2D eigenvalue weighted by Gasteiger charge is 2.26. The monoisotopic (exact) mass is 386 g/mol. The number of ether oxygens (including phenoxy) is 1. The first kappa shape index (κ1) is 18.5. The van der Waals surface area contributed by atoms with Gasteiger partial charge in [-0.15, -0.1) is 0 Å². The van der Waals surface area contributed by atoms with Crippen molar-refractivity contribution < 1.29 is 18.0 Å². The number of hydrogen-bond acceptors (Lipinski definition) is 6. The van der Waals surface area contributed by atoms with Gasteiger partial charge in [-0.25, -0.2) is 0 Å². The Morgan fingerprint density at radius 3 is 2.71 bits per heavy atom. The van der Waals surface area contributed by atoms with Gasteiger partial charge in [-0.2, -0.15) is 13.8 Å². The van der Waals surface area contributed by atoms with E-state index in [1.54, 1.807) is 24.5 Å². The van der Waals surface area contributed by atoms with Crippen molar-refractivity contribution in [1.29, 1.82) is 0 Å². The molecule has 3 aromatic rings. The van der Waals surface area contributed by atoms with Gasteiger partial charge < -0.3 is 9.26 Å². The standard InChI is InChI=1S/C20H20F2N4O2/c21-20(22)27-17-6-2-1-4-16(17)13-26-10-7-14(8-11-26)19-24-18(25-28-19)15-5-3-9-23-12-15/h1-6,9,12,14,20H,7-8,10-11,13H2. The third-order valence-corrected chi connectivity index (χ3v) is 4.88. The number of piperidine rings is 1. The van der Waals surface area contributed by atoms with Gasteiger partial charge in [0.2, 0.25) is 11.7 Å². The fraction of sp³-hybridized carbons (Fsp3) is 0.350. The topological polar surface area (TPSA) is 64.3 Å². The fourth-order valence-electron chi connectivity index (χ4n) is 3.44. The molecule has 4 rings (SSSR count). The average Bonchev–Trinajstić information content (AvgIpc) is 3.21. The molecule has 1 saturated heterocycles. The maximum absolute atomic E-state index is 12.6. The van der Waals surface area contributed by atoms with Crippen LogP contribution in [0, 0.1) is 0 Å². The molecule has 0 unspecified atom stereocenters. The molecule has 0 bridgehead atoms. The fourth-order valence-corrected chi connectivity index (χ4v) is 3.44. The van der Waals surface area contributed by atoms with E-state index < -0.39 is 6.61 Å². The van der Waals surface area contributed by atoms with Crippen molar-refractivity contribution in [3.63, 3.8) is 0 Å². The zero-order valence-corrected chi connectivity index (χ0v) is 15.2. The van der Waals surface area contributed by atoms with Crippen LogP contribution < -0.4 is 4.74 Å². The molecule has 6 nitrogen and oxygen atoms in total. The second-order valence-corrected chi connectivity index (χ2v) is 6.73. The SMILES string of the molecule is FC(F)Oc1ccccc1CN1CCC(c2nc(-c3cccnc3)no2)CC1. The first-order chi connectivity index (χ1) is 13.7. The third-order valence-electron chi connectivity index (χ3n) is 4.88. The van der Waals surface area contributed by atoms with Gasteiger partial charge in [0.15, 0.2) is 0 Å². The van der Waals surface area contributed by atoms with Crippen molar-refractivity contribution in [2.75, 3.05) is 13.1 Å². The highest BCUT2D eigenvalue weighted by molar-refractivity contribution is 5.51. The summed E-state index contributed by atoms with van der Waals surface area (Å²) in [6.07, 6.45) is 5.14. The van der Waals surface area contributed by atoms with Crippen molar-refractivity contribution in [1.82, 2.24) is 20.0 Å². The van der Waals surface area contributed by atoms with Gasteiger partial charge in [-0.3, -0.25) is 9.88 Å². The molecule has 8 heteroatoms. The van der Waals surface area contributed by atoms with Crippen LogP contribution in [0.15, 0.2) is 53.3 Å². The van der Waals surface area contributed by atoms with Gasteiger partial charge in [-0.1, -0.05) is 23.4 Å². The maximum atomic E-state index is 12.6. The van der Waals surface area contributed by atoms with Crippen LogP contribution in [0.2, 0.25) is 0 Å². The van der Waals surface area contributed by atoms with E-state index in [9.17, 15) is 8.78 Å². The van der Waals surface area contributed by atoms with Crippen LogP contribution in [0.4, 0.5) is 8.78 Å². The Bertz CT molecular complexity index is 896. The summed E-state index contributed by atoms with van der Waals surface area (Å²) < 4.78 is 35.2. The summed E-state index contributed by atoms with van der Waals surface area (Å²) in [6.45, 7) is -0.616. The third kappa shape index (κ3) is 4.33. The molecule has 0 atom stereocenters. The van der Waals surface area contributed by atoms with Crippen LogP contribution in [0.5, 0.6) is 5.75 Å². The molecule has 0 spiro atoms. The van der Waals surface area contributed by atoms with Crippen LogP contribution in [0.3, 0.4) is 0 Å². The molecule has 0 radical (unpaired) electrons. The summed E-state index contributed by atoms with van der Waals surface area (Å²) >= 11 is 0. The number of benzene rings is 1. The molecule has 2 aromatic heterocycles. The summed E-state index contributed by atoms with van der Waals surface area (Å²) in [5.74, 6) is 1.61. The molecule has 1 aromatic carbocycles. The van der Waals surface area contributed by atoms with E-state index in [4.69, 9.17) is 4.52 Å². The summed E-state index contributed by atoms with van der Waals surface area (Å²) in [5, 5.41) is 4.06. The molecule has 0 amide bonds. The number of pyridine rings is 1. The first-order valence-electron chi connectivity index (χ1n) is 9.18. The Kier molecular flexibility index (Phi) is 5.57. The van der Waals surface area contributed by atoms with Gasteiger partial charge >= 0.3 is 6.61 Å². The van der Waals surface area contributed by atoms with Crippen LogP contribution in [-0.4, -0.2) is 39.7 Å². The van der Waals surface area contributed by atoms with Crippen molar-refractivity contribution >= 4 is 0 Å². The van der Waals surface area contributed by atoms with Gasteiger partial charge in [0, 0.05) is 36.0 Å². The predicted octanol–water partition coefficient (Wildman–Crippen LogP) is 4.11. The van der Waals surface area contributed by atoms with Crippen LogP contribution in [0.25, 0.3) is 11.4 Å². The van der Waals surface area contributed by atoms with E-state index in [1.165, 1.54) is 0 Å². The van der Waals surface area contributed by atoms with Gasteiger partial charge in [0.1, 0.15) is 5.75 Å². The van der Waals surface area contributed by atoms with Crippen molar-refractivity contribution in [2.24, 2.45) is 0 Å². The normalized spacial score (nSPS) is 15.8. The molecule has 1 fully saturated rings. The lowest BCUT2D eigenvalue weighted by Crippen LogP contribution is -2.32. The summed E-state index contributed by atoms with van der Waals surface area (Å²) in [4.78, 5) is 10.8. The van der Waals surface area contributed by atoms with Crippen molar-refractivity contribution in [3.05, 3.63) is 60.2 Å². The zero-order chi connectivity index (χ0) is 19.3. The van der Waals surface area contributed by atoms with E-state index in [0.717, 1.165) is 37.1 Å². The van der Waals surface area contributed by atoms with Crippen molar-refractivity contribution in [3.8, 4) is 17.1 Å². The second kappa shape index (κ2) is 8.43. The molecule has 28 heavy (non-hydrogen) atoms. The molecular weight excluding hydrogens is 366 g/mol. The lowest BCUT2D eigenvalue weighted by Gasteiger charge is -2.30. The molecule has 0 saturated carbocycles. The lowest BCUT2D eigenvalue weighted by molar-refractivity contribution is -0.0508. The number of alkyl halides is 2. The highest BCUT2D eigenvalue weighted by Crippen LogP contribution is 2.30. The Morgan fingerprint density at radius 1 is 1.14 bits per heavy atom. The van der Waals surface area contributed by atoms with E-state index in [1.807, 2.05) is 24.3 Å². The number of para-hydroxylation sites is 1. The number of hydrogen-bond donors (Lipinski definition) is 0. The molecule has 1 aliphatic rings. The highest BCUT2D eigenvalue weighted by atomic mass is 19.3. The van der Waals surface area contributed by atoms with Gasteiger partial charge in [0.25, 0.3) is 0 Å². The van der Waals surface area contributed by atoms with Crippen LogP contribution in [-0.2, 0) is 6.54 Å². The van der Waals surface area contributed by atoms with Crippen molar-refractivity contribution in [2.45, 2.75) is 31.9 Å². The smallest absolute Gasteiger partial charge is 0.387 e. The largest absolute Gasteiger partial charge is 0.434 e. The molecule has 0 N–H and O–H groups in total. The molecule has 0 aliphatic carbocycles. The molecule has 146 valence electrons. The number of rotatable bonds is 6. The summed E-state index contributed by atoms with van der Waals surface area (Å²) in [5.41, 5.74) is 1.59. The Morgan fingerprint density at radius 2 is 1.96 bits per heavy atom. The van der Waals surface area contributed by atoms with Crippen LogP contribution >= 0.6 is 0 Å². The minimum absolute atomic E-state index is 0.196. The predicted molar refractivity (Wildman–Crippen MR) is 97.9 cm³/mol. The number of likely N-dealkylation sites (tertiary alicyclic amines) is 1. The minimum Gasteiger partial charge on any atom is -0.434 e. The number of aromatic nitrogens is 3.